The Balaban J connectivity index is 2.29. The molecule has 2 unspecified atom stereocenters. The molecule has 1 saturated heterocycles. The van der Waals surface area contributed by atoms with Gasteiger partial charge >= 0.3 is 0 Å². The van der Waals surface area contributed by atoms with Gasteiger partial charge in [0.15, 0.2) is 0 Å². The summed E-state index contributed by atoms with van der Waals surface area (Å²) in [6.07, 6.45) is 2.44. The number of likely N-dealkylation sites (N-methyl/N-ethyl adjacent to an activating group) is 1. The smallest absolute Gasteiger partial charge is 0.137 e. The van der Waals surface area contributed by atoms with Gasteiger partial charge in [-0.25, -0.2) is 9.97 Å². The van der Waals surface area contributed by atoms with Crippen LogP contribution < -0.4 is 10.6 Å². The van der Waals surface area contributed by atoms with Gasteiger partial charge in [0.05, 0.1) is 0 Å². The molecule has 2 rings (SSSR count). The van der Waals surface area contributed by atoms with Gasteiger partial charge in [0.1, 0.15) is 18.0 Å². The van der Waals surface area contributed by atoms with Gasteiger partial charge < -0.3 is 10.6 Å². The van der Waals surface area contributed by atoms with Crippen molar-refractivity contribution in [1.29, 1.82) is 0 Å². The fourth-order valence-corrected chi connectivity index (χ4v) is 2.61. The molecule has 100 valence electrons. The second kappa shape index (κ2) is 5.10. The predicted octanol–water partition coefficient (Wildman–Crippen LogP) is 1.15. The van der Waals surface area contributed by atoms with Crippen LogP contribution in [0.15, 0.2) is 6.33 Å². The highest BCUT2D eigenvalue weighted by Gasteiger charge is 2.28. The highest BCUT2D eigenvalue weighted by Crippen LogP contribution is 2.25. The van der Waals surface area contributed by atoms with E-state index in [9.17, 15) is 0 Å². The van der Waals surface area contributed by atoms with Crippen molar-refractivity contribution in [2.24, 2.45) is 0 Å². The van der Waals surface area contributed by atoms with Gasteiger partial charge in [-0.2, -0.15) is 0 Å². The second-order valence-electron chi connectivity index (χ2n) is 5.18. The summed E-state index contributed by atoms with van der Waals surface area (Å²) in [5.74, 6) is 1.62. The van der Waals surface area contributed by atoms with Crippen molar-refractivity contribution in [3.63, 3.8) is 0 Å². The molecule has 0 bridgehead atoms. The van der Waals surface area contributed by atoms with E-state index < -0.39 is 0 Å². The van der Waals surface area contributed by atoms with Gasteiger partial charge in [0.2, 0.25) is 0 Å². The lowest BCUT2D eigenvalue weighted by Gasteiger charge is -2.43. The van der Waals surface area contributed by atoms with Crippen LogP contribution in [0.5, 0.6) is 0 Å². The number of aromatic nitrogens is 2. The maximum Gasteiger partial charge on any atom is 0.137 e. The molecule has 1 aliphatic rings. The van der Waals surface area contributed by atoms with Gasteiger partial charge in [0.25, 0.3) is 0 Å². The average Bonchev–Trinajstić information content (AvgIpc) is 2.35. The van der Waals surface area contributed by atoms with Crippen LogP contribution >= 0.6 is 0 Å². The Bertz CT molecular complexity index is 408. The van der Waals surface area contributed by atoms with Crippen LogP contribution in [0.2, 0.25) is 0 Å². The molecular formula is C13H23N5. The number of rotatable bonds is 2. The number of hydrogen-bond acceptors (Lipinski definition) is 5. The molecule has 2 N–H and O–H groups in total. The molecule has 0 aromatic carbocycles. The summed E-state index contributed by atoms with van der Waals surface area (Å²) in [4.78, 5) is 13.3. The molecule has 5 nitrogen and oxygen atoms in total. The number of hydrogen-bond donors (Lipinski definition) is 1. The molecule has 18 heavy (non-hydrogen) atoms. The Morgan fingerprint density at radius 3 is 2.44 bits per heavy atom. The lowest BCUT2D eigenvalue weighted by molar-refractivity contribution is 0.169. The Labute approximate surface area is 109 Å². The van der Waals surface area contributed by atoms with E-state index in [1.165, 1.54) is 0 Å². The zero-order valence-corrected chi connectivity index (χ0v) is 11.7. The largest absolute Gasteiger partial charge is 0.383 e. The van der Waals surface area contributed by atoms with E-state index in [0.29, 0.717) is 17.9 Å². The quantitative estimate of drug-likeness (QED) is 0.852. The van der Waals surface area contributed by atoms with Crippen LogP contribution in [-0.2, 0) is 6.42 Å². The summed E-state index contributed by atoms with van der Waals surface area (Å²) < 4.78 is 0. The summed E-state index contributed by atoms with van der Waals surface area (Å²) in [6.45, 7) is 8.58. The van der Waals surface area contributed by atoms with E-state index in [2.05, 4.69) is 47.6 Å². The first-order valence-corrected chi connectivity index (χ1v) is 6.60. The maximum atomic E-state index is 5.95. The highest BCUT2D eigenvalue weighted by molar-refractivity contribution is 5.57. The fraction of sp³-hybridized carbons (Fsp3) is 0.692. The third kappa shape index (κ3) is 2.27. The molecule has 0 saturated carbocycles. The Morgan fingerprint density at radius 2 is 1.89 bits per heavy atom. The van der Waals surface area contributed by atoms with Gasteiger partial charge in [-0.05, 0) is 27.3 Å². The second-order valence-corrected chi connectivity index (χ2v) is 5.18. The van der Waals surface area contributed by atoms with Crippen molar-refractivity contribution >= 4 is 11.6 Å². The van der Waals surface area contributed by atoms with Gasteiger partial charge in [-0.3, -0.25) is 4.90 Å². The molecular weight excluding hydrogens is 226 g/mol. The lowest BCUT2D eigenvalue weighted by atomic mass is 10.1. The van der Waals surface area contributed by atoms with Crippen LogP contribution in [-0.4, -0.2) is 47.1 Å². The molecule has 2 atom stereocenters. The number of nitrogens with zero attached hydrogens (tertiary/aromatic N) is 4. The van der Waals surface area contributed by atoms with E-state index in [4.69, 9.17) is 5.73 Å². The summed E-state index contributed by atoms with van der Waals surface area (Å²) in [5.41, 5.74) is 7.02. The summed E-state index contributed by atoms with van der Waals surface area (Å²) >= 11 is 0. The van der Waals surface area contributed by atoms with Crippen molar-refractivity contribution < 1.29 is 0 Å². The van der Waals surface area contributed by atoms with Gasteiger partial charge in [-0.1, -0.05) is 6.92 Å². The standard InChI is InChI=1S/C13H23N5/c1-5-11-12(14)15-8-16-13(11)18-6-9(2)17(4)10(3)7-18/h8-10H,5-7H2,1-4H3,(H2,14,15,16). The topological polar surface area (TPSA) is 58.3 Å². The molecule has 5 heteroatoms. The van der Waals surface area contributed by atoms with Crippen LogP contribution in [0.1, 0.15) is 26.3 Å². The Morgan fingerprint density at radius 1 is 1.28 bits per heavy atom. The monoisotopic (exact) mass is 249 g/mol. The first-order valence-electron chi connectivity index (χ1n) is 6.60. The summed E-state index contributed by atoms with van der Waals surface area (Å²) in [7, 11) is 2.18. The number of anilines is 2. The first kappa shape index (κ1) is 13.1. The van der Waals surface area contributed by atoms with Crippen LogP contribution in [0, 0.1) is 0 Å². The van der Waals surface area contributed by atoms with E-state index in [1.54, 1.807) is 6.33 Å². The van der Waals surface area contributed by atoms with Crippen molar-refractivity contribution in [2.45, 2.75) is 39.3 Å². The SMILES string of the molecule is CCc1c(N)ncnc1N1CC(C)N(C)C(C)C1. The van der Waals surface area contributed by atoms with Crippen molar-refractivity contribution in [3.05, 3.63) is 11.9 Å². The minimum Gasteiger partial charge on any atom is -0.383 e. The van der Waals surface area contributed by atoms with Crippen LogP contribution in [0.3, 0.4) is 0 Å². The first-order chi connectivity index (χ1) is 8.54. The van der Waals surface area contributed by atoms with E-state index >= 15 is 0 Å². The van der Waals surface area contributed by atoms with Crippen LogP contribution in [0.25, 0.3) is 0 Å². The van der Waals surface area contributed by atoms with Crippen molar-refractivity contribution in [2.75, 3.05) is 30.8 Å². The van der Waals surface area contributed by atoms with E-state index in [1.807, 2.05) is 0 Å². The molecule has 2 heterocycles. The maximum absolute atomic E-state index is 5.95. The van der Waals surface area contributed by atoms with Crippen LogP contribution in [0.4, 0.5) is 11.6 Å². The molecule has 1 aliphatic heterocycles. The number of nitrogens with two attached hydrogens (primary N) is 1. The van der Waals surface area contributed by atoms with Gasteiger partial charge in [-0.15, -0.1) is 0 Å². The molecule has 1 fully saturated rings. The Hall–Kier alpha value is -1.36. The zero-order valence-electron chi connectivity index (χ0n) is 11.7. The third-order valence-electron chi connectivity index (χ3n) is 3.97. The molecule has 1 aromatic heterocycles. The predicted molar refractivity (Wildman–Crippen MR) is 74.7 cm³/mol. The van der Waals surface area contributed by atoms with Crippen molar-refractivity contribution in [1.82, 2.24) is 14.9 Å². The summed E-state index contributed by atoms with van der Waals surface area (Å²) in [6, 6.07) is 1.05. The fourth-order valence-electron chi connectivity index (χ4n) is 2.61. The minimum atomic E-state index is 0.523. The number of piperazine rings is 1. The number of nitrogen functional groups attached to an aromatic ring is 1. The normalized spacial score (nSPS) is 25.4. The average molecular weight is 249 g/mol. The minimum absolute atomic E-state index is 0.523. The highest BCUT2D eigenvalue weighted by atomic mass is 15.3. The Kier molecular flexibility index (Phi) is 3.71. The summed E-state index contributed by atoms with van der Waals surface area (Å²) in [5, 5.41) is 0. The third-order valence-corrected chi connectivity index (χ3v) is 3.97. The van der Waals surface area contributed by atoms with E-state index in [-0.39, 0.29) is 0 Å². The van der Waals surface area contributed by atoms with E-state index in [0.717, 1.165) is 30.9 Å². The van der Waals surface area contributed by atoms with Gasteiger partial charge in [0, 0.05) is 30.7 Å². The lowest BCUT2D eigenvalue weighted by Crippen LogP contribution is -2.55. The molecule has 0 spiro atoms. The zero-order chi connectivity index (χ0) is 13.3. The molecule has 0 amide bonds. The molecule has 1 aromatic rings. The van der Waals surface area contributed by atoms with Crippen molar-refractivity contribution in [3.8, 4) is 0 Å². The molecule has 0 radical (unpaired) electrons. The molecule has 0 aliphatic carbocycles.